The van der Waals surface area contributed by atoms with Gasteiger partial charge in [-0.3, -0.25) is 4.79 Å². The largest absolute Gasteiger partial charge is 0.339 e. The first kappa shape index (κ1) is 20.4. The first-order chi connectivity index (χ1) is 14.0. The van der Waals surface area contributed by atoms with Crippen LogP contribution in [0.4, 0.5) is 10.5 Å². The number of anilines is 1. The van der Waals surface area contributed by atoms with Crippen molar-refractivity contribution < 1.29 is 9.59 Å². The molecule has 2 aromatic rings. The number of piperidine rings is 1. The molecule has 1 aliphatic rings. The van der Waals surface area contributed by atoms with E-state index in [-0.39, 0.29) is 11.9 Å². The Morgan fingerprint density at radius 2 is 1.83 bits per heavy atom. The number of urea groups is 1. The summed E-state index contributed by atoms with van der Waals surface area (Å²) < 4.78 is 0. The zero-order valence-electron chi connectivity index (χ0n) is 16.9. The monoisotopic (exact) mass is 390 g/mol. The van der Waals surface area contributed by atoms with E-state index in [1.54, 1.807) is 12.1 Å². The fraction of sp³-hybridized carbons (Fsp3) is 0.348. The molecule has 0 aliphatic carbocycles. The molecule has 1 aliphatic heterocycles. The number of nitriles is 1. The first-order valence-corrected chi connectivity index (χ1v) is 9.96. The predicted molar refractivity (Wildman–Crippen MR) is 113 cm³/mol. The highest BCUT2D eigenvalue weighted by molar-refractivity contribution is 5.98. The molecule has 2 N–H and O–H groups in total. The van der Waals surface area contributed by atoms with Gasteiger partial charge in [-0.2, -0.15) is 5.26 Å². The standard InChI is InChI=1S/C23H26N4O2/c1-3-25-23(29)26-20-9-4-16(2)21(14-20)22(28)27-12-10-19(11-13-27)18-7-5-17(15-24)6-8-18/h4-9,14,19H,3,10-13H2,1-2H3,(H2,25,26,29). The lowest BCUT2D eigenvalue weighted by molar-refractivity contribution is 0.0712. The number of rotatable bonds is 4. The molecule has 1 heterocycles. The fourth-order valence-electron chi connectivity index (χ4n) is 3.68. The summed E-state index contributed by atoms with van der Waals surface area (Å²) in [7, 11) is 0. The van der Waals surface area contributed by atoms with Gasteiger partial charge in [0.2, 0.25) is 0 Å². The Hall–Kier alpha value is -3.33. The van der Waals surface area contributed by atoms with Gasteiger partial charge in [0.05, 0.1) is 11.6 Å². The van der Waals surface area contributed by atoms with E-state index in [9.17, 15) is 9.59 Å². The minimum atomic E-state index is -0.280. The van der Waals surface area contributed by atoms with Crippen LogP contribution in [0, 0.1) is 18.3 Å². The van der Waals surface area contributed by atoms with Crippen LogP contribution in [0.25, 0.3) is 0 Å². The van der Waals surface area contributed by atoms with E-state index >= 15 is 0 Å². The second-order valence-electron chi connectivity index (χ2n) is 7.31. The number of benzene rings is 2. The van der Waals surface area contributed by atoms with Gasteiger partial charge >= 0.3 is 6.03 Å². The lowest BCUT2D eigenvalue weighted by atomic mass is 9.88. The highest BCUT2D eigenvalue weighted by atomic mass is 16.2. The normalized spacial score (nSPS) is 14.2. The van der Waals surface area contributed by atoms with Gasteiger partial charge in [0.1, 0.15) is 0 Å². The summed E-state index contributed by atoms with van der Waals surface area (Å²) in [6, 6.07) is 15.0. The fourth-order valence-corrected chi connectivity index (χ4v) is 3.68. The Kier molecular flexibility index (Phi) is 6.50. The number of nitrogens with zero attached hydrogens (tertiary/aromatic N) is 2. The summed E-state index contributed by atoms with van der Waals surface area (Å²) in [5, 5.41) is 14.4. The molecule has 0 saturated carbocycles. The van der Waals surface area contributed by atoms with Crippen molar-refractivity contribution in [3.05, 3.63) is 64.7 Å². The third-order valence-electron chi connectivity index (χ3n) is 5.36. The Balaban J connectivity index is 1.65. The van der Waals surface area contributed by atoms with E-state index < -0.39 is 0 Å². The lowest BCUT2D eigenvalue weighted by Crippen LogP contribution is -2.38. The number of amides is 3. The van der Waals surface area contributed by atoms with E-state index in [0.29, 0.717) is 42.4 Å². The second-order valence-corrected chi connectivity index (χ2v) is 7.31. The van der Waals surface area contributed by atoms with E-state index in [0.717, 1.165) is 18.4 Å². The molecule has 0 atom stereocenters. The van der Waals surface area contributed by atoms with Gasteiger partial charge in [0, 0.05) is 30.9 Å². The van der Waals surface area contributed by atoms with E-state index in [1.165, 1.54) is 5.56 Å². The van der Waals surface area contributed by atoms with Crippen molar-refractivity contribution in [3.8, 4) is 6.07 Å². The van der Waals surface area contributed by atoms with Crippen molar-refractivity contribution in [1.29, 1.82) is 5.26 Å². The highest BCUT2D eigenvalue weighted by Crippen LogP contribution is 2.29. The van der Waals surface area contributed by atoms with Gasteiger partial charge < -0.3 is 15.5 Å². The van der Waals surface area contributed by atoms with Crippen molar-refractivity contribution in [1.82, 2.24) is 10.2 Å². The number of aryl methyl sites for hydroxylation is 1. The topological polar surface area (TPSA) is 85.2 Å². The molecule has 2 aromatic carbocycles. The van der Waals surface area contributed by atoms with Gasteiger partial charge in [-0.15, -0.1) is 0 Å². The van der Waals surface area contributed by atoms with E-state index in [4.69, 9.17) is 5.26 Å². The van der Waals surface area contributed by atoms with Crippen LogP contribution in [0.5, 0.6) is 0 Å². The molecule has 6 nitrogen and oxygen atoms in total. The molecule has 0 radical (unpaired) electrons. The second kappa shape index (κ2) is 9.24. The molecule has 1 saturated heterocycles. The van der Waals surface area contributed by atoms with Crippen LogP contribution < -0.4 is 10.6 Å². The lowest BCUT2D eigenvalue weighted by Gasteiger charge is -2.32. The van der Waals surface area contributed by atoms with Crippen LogP contribution in [0.1, 0.15) is 52.7 Å². The molecule has 1 fully saturated rings. The van der Waals surface area contributed by atoms with Crippen LogP contribution in [-0.4, -0.2) is 36.5 Å². The average Bonchev–Trinajstić information content (AvgIpc) is 2.75. The Labute approximate surface area is 171 Å². The SMILES string of the molecule is CCNC(=O)Nc1ccc(C)c(C(=O)N2CCC(c3ccc(C#N)cc3)CC2)c1. The predicted octanol–water partition coefficient (Wildman–Crippen LogP) is 4.03. The number of carbonyl (C=O) groups is 2. The quantitative estimate of drug-likeness (QED) is 0.827. The van der Waals surface area contributed by atoms with Gasteiger partial charge in [-0.25, -0.2) is 4.79 Å². The maximum atomic E-state index is 13.1. The van der Waals surface area contributed by atoms with Crippen molar-refractivity contribution in [3.63, 3.8) is 0 Å². The molecule has 3 rings (SSSR count). The summed E-state index contributed by atoms with van der Waals surface area (Å²) in [6.07, 6.45) is 1.79. The molecule has 0 spiro atoms. The molecule has 0 bridgehead atoms. The molecular weight excluding hydrogens is 364 g/mol. The zero-order chi connectivity index (χ0) is 20.8. The number of likely N-dealkylation sites (tertiary alicyclic amines) is 1. The van der Waals surface area contributed by atoms with Crippen LogP contribution in [-0.2, 0) is 0 Å². The summed E-state index contributed by atoms with van der Waals surface area (Å²) in [4.78, 5) is 26.7. The number of hydrogen-bond acceptors (Lipinski definition) is 3. The number of carbonyl (C=O) groups excluding carboxylic acids is 2. The maximum absolute atomic E-state index is 13.1. The molecule has 0 unspecified atom stereocenters. The Morgan fingerprint density at radius 3 is 2.45 bits per heavy atom. The maximum Gasteiger partial charge on any atom is 0.319 e. The molecule has 6 heteroatoms. The Bertz CT molecular complexity index is 923. The molecule has 29 heavy (non-hydrogen) atoms. The molecule has 150 valence electrons. The van der Waals surface area contributed by atoms with Gasteiger partial charge in [0.25, 0.3) is 5.91 Å². The van der Waals surface area contributed by atoms with Gasteiger partial charge in [0.15, 0.2) is 0 Å². The van der Waals surface area contributed by atoms with Gasteiger partial charge in [-0.1, -0.05) is 18.2 Å². The average molecular weight is 390 g/mol. The van der Waals surface area contributed by atoms with Crippen molar-refractivity contribution in [2.45, 2.75) is 32.6 Å². The van der Waals surface area contributed by atoms with Crippen LogP contribution in [0.15, 0.2) is 42.5 Å². The summed E-state index contributed by atoms with van der Waals surface area (Å²) >= 11 is 0. The smallest absolute Gasteiger partial charge is 0.319 e. The van der Waals surface area contributed by atoms with Crippen LogP contribution in [0.2, 0.25) is 0 Å². The third kappa shape index (κ3) is 4.94. The van der Waals surface area contributed by atoms with E-state index in [1.807, 2.05) is 49.1 Å². The van der Waals surface area contributed by atoms with Gasteiger partial charge in [-0.05, 0) is 68.0 Å². The summed E-state index contributed by atoms with van der Waals surface area (Å²) in [6.45, 7) is 5.68. The number of hydrogen-bond donors (Lipinski definition) is 2. The minimum Gasteiger partial charge on any atom is -0.339 e. The summed E-state index contributed by atoms with van der Waals surface area (Å²) in [5.74, 6) is 0.402. The third-order valence-corrected chi connectivity index (χ3v) is 5.36. The Morgan fingerprint density at radius 1 is 1.14 bits per heavy atom. The van der Waals surface area contributed by atoms with Crippen molar-refractivity contribution in [2.75, 3.05) is 25.0 Å². The molecule has 0 aromatic heterocycles. The van der Waals surface area contributed by atoms with Crippen molar-refractivity contribution in [2.24, 2.45) is 0 Å². The highest BCUT2D eigenvalue weighted by Gasteiger charge is 2.25. The minimum absolute atomic E-state index is 0.000304. The number of nitrogens with one attached hydrogen (secondary N) is 2. The zero-order valence-corrected chi connectivity index (χ0v) is 16.9. The molecule has 3 amide bonds. The van der Waals surface area contributed by atoms with E-state index in [2.05, 4.69) is 16.7 Å². The van der Waals surface area contributed by atoms with Crippen molar-refractivity contribution >= 4 is 17.6 Å². The first-order valence-electron chi connectivity index (χ1n) is 9.96. The van der Waals surface area contributed by atoms with Crippen LogP contribution in [0.3, 0.4) is 0 Å². The summed E-state index contributed by atoms with van der Waals surface area (Å²) in [5.41, 5.74) is 4.01. The van der Waals surface area contributed by atoms with Crippen LogP contribution >= 0.6 is 0 Å². The molecular formula is C23H26N4O2.